The molecule has 0 heterocycles. The van der Waals surface area contributed by atoms with Crippen molar-refractivity contribution >= 4 is 23.2 Å². The highest BCUT2D eigenvalue weighted by molar-refractivity contribution is 5.99. The molecule has 2 aliphatic rings. The largest absolute Gasteiger partial charge is 0.326 e. The maximum absolute atomic E-state index is 12.0. The van der Waals surface area contributed by atoms with Gasteiger partial charge in [-0.1, -0.05) is 0 Å². The van der Waals surface area contributed by atoms with Crippen molar-refractivity contribution in [2.24, 2.45) is 11.7 Å². The van der Waals surface area contributed by atoms with Gasteiger partial charge >= 0.3 is 0 Å². The number of rotatable bonds is 4. The average Bonchev–Trinajstić information content (AvgIpc) is 3.22. The van der Waals surface area contributed by atoms with Gasteiger partial charge in [-0.25, -0.2) is 0 Å². The Balaban J connectivity index is 1.58. The van der Waals surface area contributed by atoms with Gasteiger partial charge in [0.05, 0.1) is 5.54 Å². The lowest BCUT2D eigenvalue weighted by atomic mass is 9.77. The van der Waals surface area contributed by atoms with Gasteiger partial charge in [0.1, 0.15) is 0 Å². The van der Waals surface area contributed by atoms with Crippen LogP contribution in [-0.4, -0.2) is 17.4 Å². The van der Waals surface area contributed by atoms with Gasteiger partial charge in [0.25, 0.3) is 0 Å². The van der Waals surface area contributed by atoms with Crippen molar-refractivity contribution in [1.82, 2.24) is 0 Å². The van der Waals surface area contributed by atoms with E-state index < -0.39 is 5.54 Å². The highest BCUT2D eigenvalue weighted by atomic mass is 16.2. The normalized spacial score (nSPS) is 19.9. The van der Waals surface area contributed by atoms with E-state index in [0.29, 0.717) is 5.69 Å². The third kappa shape index (κ3) is 2.67. The van der Waals surface area contributed by atoms with Gasteiger partial charge < -0.3 is 16.4 Å². The average molecular weight is 273 g/mol. The fraction of sp³-hybridized carbons (Fsp3) is 0.467. The molecule has 2 fully saturated rings. The summed E-state index contributed by atoms with van der Waals surface area (Å²) in [5, 5.41) is 5.68. The Kier molecular flexibility index (Phi) is 3.22. The van der Waals surface area contributed by atoms with Gasteiger partial charge in [-0.3, -0.25) is 9.59 Å². The molecule has 3 rings (SSSR count). The Labute approximate surface area is 117 Å². The van der Waals surface area contributed by atoms with Crippen LogP contribution in [0.2, 0.25) is 0 Å². The Hall–Kier alpha value is -1.88. The van der Waals surface area contributed by atoms with E-state index in [9.17, 15) is 9.59 Å². The lowest BCUT2D eigenvalue weighted by molar-refractivity contribution is -0.123. The molecule has 5 heteroatoms. The Morgan fingerprint density at radius 1 is 1.05 bits per heavy atom. The summed E-state index contributed by atoms with van der Waals surface area (Å²) >= 11 is 0. The second-order valence-corrected chi connectivity index (χ2v) is 5.80. The summed E-state index contributed by atoms with van der Waals surface area (Å²) in [5.74, 6) is 0.140. The summed E-state index contributed by atoms with van der Waals surface area (Å²) in [4.78, 5) is 23.6. The molecule has 20 heavy (non-hydrogen) atoms. The molecule has 1 aromatic rings. The van der Waals surface area contributed by atoms with Gasteiger partial charge in [-0.15, -0.1) is 0 Å². The number of anilines is 2. The van der Waals surface area contributed by atoms with Crippen LogP contribution in [0.4, 0.5) is 11.4 Å². The quantitative estimate of drug-likeness (QED) is 0.782. The van der Waals surface area contributed by atoms with Crippen LogP contribution in [0.15, 0.2) is 24.3 Å². The fourth-order valence-corrected chi connectivity index (χ4v) is 2.27. The highest BCUT2D eigenvalue weighted by Crippen LogP contribution is 2.31. The van der Waals surface area contributed by atoms with Crippen LogP contribution >= 0.6 is 0 Å². The van der Waals surface area contributed by atoms with Crippen molar-refractivity contribution in [2.75, 3.05) is 10.6 Å². The van der Waals surface area contributed by atoms with E-state index in [1.165, 1.54) is 0 Å². The minimum atomic E-state index is -0.696. The number of benzene rings is 1. The lowest BCUT2D eigenvalue weighted by Crippen LogP contribution is -2.56. The summed E-state index contributed by atoms with van der Waals surface area (Å²) in [6.45, 7) is 0. The van der Waals surface area contributed by atoms with Crippen LogP contribution in [0.25, 0.3) is 0 Å². The zero-order valence-electron chi connectivity index (χ0n) is 11.3. The first kappa shape index (κ1) is 13.1. The molecule has 1 aromatic carbocycles. The molecule has 5 nitrogen and oxygen atoms in total. The topological polar surface area (TPSA) is 84.2 Å². The van der Waals surface area contributed by atoms with Crippen LogP contribution < -0.4 is 16.4 Å². The van der Waals surface area contributed by atoms with Crippen molar-refractivity contribution in [3.8, 4) is 0 Å². The first-order chi connectivity index (χ1) is 9.57. The highest BCUT2D eigenvalue weighted by Gasteiger charge is 2.40. The van der Waals surface area contributed by atoms with Gasteiger partial charge in [-0.2, -0.15) is 0 Å². The summed E-state index contributed by atoms with van der Waals surface area (Å²) in [6.07, 6.45) is 4.47. The van der Waals surface area contributed by atoms with Gasteiger partial charge in [0.2, 0.25) is 11.8 Å². The van der Waals surface area contributed by atoms with Gasteiger partial charge in [0, 0.05) is 17.3 Å². The Bertz CT molecular complexity index is 531. The van der Waals surface area contributed by atoms with Crippen LogP contribution in [0, 0.1) is 5.92 Å². The van der Waals surface area contributed by atoms with E-state index >= 15 is 0 Å². The number of amides is 2. The van der Waals surface area contributed by atoms with Crippen LogP contribution in [0.3, 0.4) is 0 Å². The molecular weight excluding hydrogens is 254 g/mol. The number of nitrogens with two attached hydrogens (primary N) is 1. The van der Waals surface area contributed by atoms with E-state index in [1.54, 1.807) is 24.3 Å². The van der Waals surface area contributed by atoms with Gasteiger partial charge in [0.15, 0.2) is 0 Å². The maximum Gasteiger partial charge on any atom is 0.244 e. The minimum absolute atomic E-state index is 0.0807. The third-order valence-electron chi connectivity index (χ3n) is 4.06. The molecule has 0 aromatic heterocycles. The maximum atomic E-state index is 12.0. The smallest absolute Gasteiger partial charge is 0.244 e. The molecule has 0 atom stereocenters. The van der Waals surface area contributed by atoms with Crippen LogP contribution in [0.1, 0.15) is 32.1 Å². The van der Waals surface area contributed by atoms with Crippen molar-refractivity contribution < 1.29 is 9.59 Å². The predicted molar refractivity (Wildman–Crippen MR) is 77.2 cm³/mol. The zero-order valence-corrected chi connectivity index (χ0v) is 11.3. The van der Waals surface area contributed by atoms with Crippen molar-refractivity contribution in [1.29, 1.82) is 0 Å². The molecule has 0 aliphatic heterocycles. The van der Waals surface area contributed by atoms with Crippen LogP contribution in [0.5, 0.6) is 0 Å². The molecule has 0 spiro atoms. The van der Waals surface area contributed by atoms with Crippen LogP contribution in [-0.2, 0) is 9.59 Å². The van der Waals surface area contributed by atoms with E-state index in [4.69, 9.17) is 5.73 Å². The molecule has 4 N–H and O–H groups in total. The van der Waals surface area contributed by atoms with Gasteiger partial charge in [-0.05, 0) is 56.4 Å². The first-order valence-corrected chi connectivity index (χ1v) is 7.08. The number of hydrogen-bond acceptors (Lipinski definition) is 3. The van der Waals surface area contributed by atoms with E-state index in [2.05, 4.69) is 10.6 Å². The summed E-state index contributed by atoms with van der Waals surface area (Å²) in [6, 6.07) is 7.14. The van der Waals surface area contributed by atoms with E-state index in [1.807, 2.05) is 0 Å². The number of carbonyl (C=O) groups is 2. The second-order valence-electron chi connectivity index (χ2n) is 5.80. The van der Waals surface area contributed by atoms with E-state index in [-0.39, 0.29) is 17.7 Å². The zero-order chi connectivity index (χ0) is 14.2. The Morgan fingerprint density at radius 3 is 2.05 bits per heavy atom. The number of hydrogen-bond donors (Lipinski definition) is 3. The predicted octanol–water partition coefficient (Wildman–Crippen LogP) is 1.85. The Morgan fingerprint density at radius 2 is 1.60 bits per heavy atom. The SMILES string of the molecule is NC1(C(=O)Nc2ccc(NC(=O)C3CC3)cc2)CCC1. The molecule has 0 saturated heterocycles. The summed E-state index contributed by atoms with van der Waals surface area (Å²) in [7, 11) is 0. The lowest BCUT2D eigenvalue weighted by Gasteiger charge is -2.36. The molecule has 2 aliphatic carbocycles. The van der Waals surface area contributed by atoms with E-state index in [0.717, 1.165) is 37.8 Å². The standard InChI is InChI=1S/C15H19N3O2/c16-15(8-1-9-15)14(20)18-12-6-4-11(5-7-12)17-13(19)10-2-3-10/h4-7,10H,1-3,8-9,16H2,(H,17,19)(H,18,20). The molecule has 0 bridgehead atoms. The number of nitrogens with one attached hydrogen (secondary N) is 2. The monoisotopic (exact) mass is 273 g/mol. The first-order valence-electron chi connectivity index (χ1n) is 7.08. The molecular formula is C15H19N3O2. The third-order valence-corrected chi connectivity index (χ3v) is 4.06. The molecule has 2 amide bonds. The fourth-order valence-electron chi connectivity index (χ4n) is 2.27. The molecule has 2 saturated carbocycles. The molecule has 0 radical (unpaired) electrons. The molecule has 106 valence electrons. The van der Waals surface area contributed by atoms with Crippen molar-refractivity contribution in [3.05, 3.63) is 24.3 Å². The summed E-state index contributed by atoms with van der Waals surface area (Å²) in [5.41, 5.74) is 6.73. The number of carbonyl (C=O) groups excluding carboxylic acids is 2. The van der Waals surface area contributed by atoms with Crippen molar-refractivity contribution in [2.45, 2.75) is 37.6 Å². The second kappa shape index (κ2) is 4.90. The summed E-state index contributed by atoms with van der Waals surface area (Å²) < 4.78 is 0. The van der Waals surface area contributed by atoms with Crippen molar-refractivity contribution in [3.63, 3.8) is 0 Å². The molecule has 0 unspecified atom stereocenters. The minimum Gasteiger partial charge on any atom is -0.326 e.